The fraction of sp³-hybridized carbons (Fsp3) is 0.267. The molecule has 1 heterocycles. The molecule has 5 nitrogen and oxygen atoms in total. The first-order chi connectivity index (χ1) is 10.3. The van der Waals surface area contributed by atoms with Gasteiger partial charge in [-0.3, -0.25) is 4.79 Å². The van der Waals surface area contributed by atoms with E-state index in [1.54, 1.807) is 19.1 Å². The summed E-state index contributed by atoms with van der Waals surface area (Å²) in [5.74, 6) is -0.368. The first-order valence-electron chi connectivity index (χ1n) is 6.76. The van der Waals surface area contributed by atoms with Crippen LogP contribution in [0, 0.1) is 5.82 Å². The van der Waals surface area contributed by atoms with Crippen molar-refractivity contribution in [2.45, 2.75) is 18.4 Å². The first kappa shape index (κ1) is 16.4. The topological polar surface area (TPSA) is 59.4 Å². The van der Waals surface area contributed by atoms with Crippen LogP contribution >= 0.6 is 0 Å². The number of halogens is 1. The second kappa shape index (κ2) is 6.41. The van der Waals surface area contributed by atoms with E-state index in [4.69, 9.17) is 0 Å². The van der Waals surface area contributed by atoms with Gasteiger partial charge in [0.05, 0.1) is 4.90 Å². The normalized spacial score (nSPS) is 11.8. The molecule has 0 atom stereocenters. The molecule has 0 unspecified atom stereocenters. The third-order valence-electron chi connectivity index (χ3n) is 3.32. The van der Waals surface area contributed by atoms with Crippen LogP contribution < -0.4 is 5.56 Å². The summed E-state index contributed by atoms with van der Waals surface area (Å²) in [5, 5.41) is 0. The number of sulfonamides is 1. The second-order valence-corrected chi connectivity index (χ2v) is 6.81. The molecular formula is C15H17FN2O3S. The summed E-state index contributed by atoms with van der Waals surface area (Å²) in [4.78, 5) is 11.4. The first-order valence-corrected chi connectivity index (χ1v) is 8.20. The monoisotopic (exact) mass is 324 g/mol. The van der Waals surface area contributed by atoms with E-state index < -0.39 is 10.0 Å². The zero-order valence-electron chi connectivity index (χ0n) is 12.4. The lowest BCUT2D eigenvalue weighted by atomic mass is 10.2. The fourth-order valence-electron chi connectivity index (χ4n) is 2.03. The molecule has 22 heavy (non-hydrogen) atoms. The molecule has 0 spiro atoms. The van der Waals surface area contributed by atoms with Crippen molar-refractivity contribution in [2.75, 3.05) is 6.54 Å². The van der Waals surface area contributed by atoms with Gasteiger partial charge in [-0.15, -0.1) is 0 Å². The summed E-state index contributed by atoms with van der Waals surface area (Å²) >= 11 is 0. The zero-order valence-corrected chi connectivity index (χ0v) is 13.2. The highest BCUT2D eigenvalue weighted by Gasteiger charge is 2.23. The minimum absolute atomic E-state index is 0.0542. The third kappa shape index (κ3) is 3.42. The molecule has 0 amide bonds. The van der Waals surface area contributed by atoms with E-state index >= 15 is 0 Å². The molecule has 0 aliphatic rings. The maximum absolute atomic E-state index is 12.9. The highest BCUT2D eigenvalue weighted by atomic mass is 32.2. The summed E-state index contributed by atoms with van der Waals surface area (Å²) < 4.78 is 40.7. The van der Waals surface area contributed by atoms with Crippen LogP contribution in [0.15, 0.2) is 52.3 Å². The number of aromatic nitrogens is 1. The van der Waals surface area contributed by atoms with E-state index in [1.165, 1.54) is 46.4 Å². The van der Waals surface area contributed by atoms with Crippen LogP contribution in [-0.4, -0.2) is 23.8 Å². The van der Waals surface area contributed by atoms with Gasteiger partial charge in [-0.2, -0.15) is 4.31 Å². The number of aryl methyl sites for hydroxylation is 1. The van der Waals surface area contributed by atoms with Gasteiger partial charge in [0.2, 0.25) is 15.6 Å². The highest BCUT2D eigenvalue weighted by molar-refractivity contribution is 7.89. The molecule has 0 aliphatic carbocycles. The molecule has 1 aromatic heterocycles. The average Bonchev–Trinajstić information content (AvgIpc) is 2.49. The van der Waals surface area contributed by atoms with Crippen molar-refractivity contribution in [2.24, 2.45) is 7.05 Å². The van der Waals surface area contributed by atoms with E-state index in [-0.39, 0.29) is 29.4 Å². The average molecular weight is 324 g/mol. The smallest absolute Gasteiger partial charge is 0.250 e. The Bertz CT molecular complexity index is 813. The van der Waals surface area contributed by atoms with E-state index in [0.717, 1.165) is 0 Å². The van der Waals surface area contributed by atoms with E-state index in [1.807, 2.05) is 0 Å². The van der Waals surface area contributed by atoms with E-state index in [9.17, 15) is 17.6 Å². The molecular weight excluding hydrogens is 307 g/mol. The molecule has 0 saturated carbocycles. The lowest BCUT2D eigenvalue weighted by molar-refractivity contribution is 0.422. The van der Waals surface area contributed by atoms with Gasteiger partial charge in [0.1, 0.15) is 5.82 Å². The standard InChI is InChI=1S/C15H17FN2O3S/c1-3-18(10-12-4-6-13(16)7-5-12)22(20,21)14-8-9-15(19)17(2)11-14/h4-9,11H,3,10H2,1-2H3. The minimum atomic E-state index is -3.72. The van der Waals surface area contributed by atoms with E-state index in [0.29, 0.717) is 5.56 Å². The number of benzene rings is 1. The molecule has 2 rings (SSSR count). The maximum atomic E-state index is 12.9. The van der Waals surface area contributed by atoms with Crippen LogP contribution in [0.4, 0.5) is 4.39 Å². The van der Waals surface area contributed by atoms with Crippen molar-refractivity contribution in [1.29, 1.82) is 0 Å². The van der Waals surface area contributed by atoms with Crippen molar-refractivity contribution in [1.82, 2.24) is 8.87 Å². The third-order valence-corrected chi connectivity index (χ3v) is 5.23. The Labute approximate surface area is 128 Å². The summed E-state index contributed by atoms with van der Waals surface area (Å²) in [6.45, 7) is 2.13. The number of hydrogen-bond acceptors (Lipinski definition) is 3. The number of nitrogens with zero attached hydrogens (tertiary/aromatic N) is 2. The van der Waals surface area contributed by atoms with Crippen molar-refractivity contribution in [3.05, 3.63) is 64.3 Å². The van der Waals surface area contributed by atoms with Crippen molar-refractivity contribution in [3.63, 3.8) is 0 Å². The highest BCUT2D eigenvalue weighted by Crippen LogP contribution is 2.17. The molecule has 0 bridgehead atoms. The molecule has 7 heteroatoms. The molecule has 118 valence electrons. The molecule has 0 N–H and O–H groups in total. The predicted molar refractivity (Wildman–Crippen MR) is 81.4 cm³/mol. The van der Waals surface area contributed by atoms with Gasteiger partial charge >= 0.3 is 0 Å². The Morgan fingerprint density at radius 3 is 2.32 bits per heavy atom. The van der Waals surface area contributed by atoms with Gasteiger partial charge in [-0.25, -0.2) is 12.8 Å². The maximum Gasteiger partial charge on any atom is 0.250 e. The summed E-state index contributed by atoms with van der Waals surface area (Å²) in [6.07, 6.45) is 1.30. The van der Waals surface area contributed by atoms with Gasteiger partial charge in [-0.05, 0) is 23.8 Å². The Hall–Kier alpha value is -1.99. The van der Waals surface area contributed by atoms with Crippen molar-refractivity contribution in [3.8, 4) is 0 Å². The number of hydrogen-bond donors (Lipinski definition) is 0. The fourth-order valence-corrected chi connectivity index (χ4v) is 3.52. The largest absolute Gasteiger partial charge is 0.317 e. The van der Waals surface area contributed by atoms with Gasteiger partial charge in [0.15, 0.2) is 0 Å². The Kier molecular flexibility index (Phi) is 4.77. The molecule has 0 radical (unpaired) electrons. The lowest BCUT2D eigenvalue weighted by Crippen LogP contribution is -2.31. The SMILES string of the molecule is CCN(Cc1ccc(F)cc1)S(=O)(=O)c1ccc(=O)n(C)c1. The van der Waals surface area contributed by atoms with Crippen LogP contribution in [-0.2, 0) is 23.6 Å². The molecule has 0 aliphatic heterocycles. The molecule has 1 aromatic carbocycles. The Morgan fingerprint density at radius 2 is 1.77 bits per heavy atom. The predicted octanol–water partition coefficient (Wildman–Crippen LogP) is 1.74. The van der Waals surface area contributed by atoms with E-state index in [2.05, 4.69) is 0 Å². The lowest BCUT2D eigenvalue weighted by Gasteiger charge is -2.20. The van der Waals surface area contributed by atoms with Crippen LogP contribution in [0.25, 0.3) is 0 Å². The molecule has 0 saturated heterocycles. The second-order valence-electron chi connectivity index (χ2n) is 4.87. The molecule has 0 fully saturated rings. The number of rotatable bonds is 5. The summed E-state index contributed by atoms with van der Waals surface area (Å²) in [7, 11) is -2.22. The van der Waals surface area contributed by atoms with Crippen LogP contribution in [0.3, 0.4) is 0 Å². The van der Waals surface area contributed by atoms with Gasteiger partial charge in [-0.1, -0.05) is 19.1 Å². The quantitative estimate of drug-likeness (QED) is 0.842. The minimum Gasteiger partial charge on any atom is -0.317 e. The summed E-state index contributed by atoms with van der Waals surface area (Å²) in [6, 6.07) is 8.20. The van der Waals surface area contributed by atoms with Crippen molar-refractivity contribution >= 4 is 10.0 Å². The Balaban J connectivity index is 2.33. The molecule has 2 aromatic rings. The van der Waals surface area contributed by atoms with Crippen molar-refractivity contribution < 1.29 is 12.8 Å². The van der Waals surface area contributed by atoms with Crippen LogP contribution in [0.5, 0.6) is 0 Å². The van der Waals surface area contributed by atoms with Gasteiger partial charge < -0.3 is 4.57 Å². The number of pyridine rings is 1. The van der Waals surface area contributed by atoms with Crippen LogP contribution in [0.2, 0.25) is 0 Å². The zero-order chi connectivity index (χ0) is 16.3. The van der Waals surface area contributed by atoms with Gasteiger partial charge in [0.25, 0.3) is 0 Å². The Morgan fingerprint density at radius 1 is 1.14 bits per heavy atom. The van der Waals surface area contributed by atoms with Gasteiger partial charge in [0, 0.05) is 32.4 Å². The van der Waals surface area contributed by atoms with Crippen LogP contribution in [0.1, 0.15) is 12.5 Å². The summed E-state index contributed by atoms with van der Waals surface area (Å²) in [5.41, 5.74) is 0.414.